The first-order valence-corrected chi connectivity index (χ1v) is 6.35. The second kappa shape index (κ2) is 5.54. The highest BCUT2D eigenvalue weighted by molar-refractivity contribution is 7.99. The topological polar surface area (TPSA) is 62.8 Å². The number of halogens is 3. The van der Waals surface area contributed by atoms with E-state index in [1.165, 1.54) is 6.07 Å². The number of alkyl halides is 3. The third-order valence-electron chi connectivity index (χ3n) is 2.40. The van der Waals surface area contributed by atoms with E-state index in [9.17, 15) is 13.2 Å². The number of hydrogen-bond acceptors (Lipinski definition) is 3. The van der Waals surface area contributed by atoms with Crippen LogP contribution in [0.4, 0.5) is 13.2 Å². The van der Waals surface area contributed by atoms with Gasteiger partial charge in [-0.05, 0) is 24.3 Å². The fraction of sp³-hybridized carbons (Fsp3) is 0.0769. The second-order valence-corrected chi connectivity index (χ2v) is 4.94. The molecule has 0 fully saturated rings. The van der Waals surface area contributed by atoms with E-state index in [-0.39, 0.29) is 16.4 Å². The van der Waals surface area contributed by atoms with Gasteiger partial charge in [0, 0.05) is 10.5 Å². The summed E-state index contributed by atoms with van der Waals surface area (Å²) in [7, 11) is 0. The van der Waals surface area contributed by atoms with Crippen molar-refractivity contribution in [1.29, 1.82) is 5.41 Å². The lowest BCUT2D eigenvalue weighted by Gasteiger charge is -2.11. The Kier molecular flexibility index (Phi) is 3.99. The van der Waals surface area contributed by atoms with Crippen LogP contribution in [0, 0.1) is 5.41 Å². The Labute approximate surface area is 117 Å². The van der Waals surface area contributed by atoms with Crippen molar-refractivity contribution in [2.45, 2.75) is 16.1 Å². The zero-order valence-corrected chi connectivity index (χ0v) is 10.9. The molecule has 0 saturated carbocycles. The minimum absolute atomic E-state index is 0.0681. The average Bonchev–Trinajstić information content (AvgIpc) is 2.38. The summed E-state index contributed by atoms with van der Waals surface area (Å²) in [5, 5.41) is 7.48. The first-order valence-electron chi connectivity index (χ1n) is 5.53. The first kappa shape index (κ1) is 14.4. The summed E-state index contributed by atoms with van der Waals surface area (Å²) in [5.41, 5.74) is 4.56. The molecule has 0 aliphatic heterocycles. The normalized spacial score (nSPS) is 11.3. The Balaban J connectivity index is 2.45. The number of hydrogen-bond donors (Lipinski definition) is 2. The van der Waals surface area contributed by atoms with Crippen molar-refractivity contribution < 1.29 is 13.2 Å². The monoisotopic (exact) mass is 297 g/mol. The van der Waals surface area contributed by atoms with Gasteiger partial charge in [-0.2, -0.15) is 13.2 Å². The molecule has 104 valence electrons. The summed E-state index contributed by atoms with van der Waals surface area (Å²) < 4.78 is 38.0. The number of rotatable bonds is 3. The molecular formula is C13H10F3N3S. The predicted molar refractivity (Wildman–Crippen MR) is 70.8 cm³/mol. The maximum atomic E-state index is 12.7. The Morgan fingerprint density at radius 3 is 2.30 bits per heavy atom. The molecule has 0 aliphatic rings. The van der Waals surface area contributed by atoms with Crippen LogP contribution >= 0.6 is 11.8 Å². The molecule has 2 rings (SSSR count). The molecule has 1 aromatic heterocycles. The van der Waals surface area contributed by atoms with Gasteiger partial charge in [0.05, 0.1) is 0 Å². The summed E-state index contributed by atoms with van der Waals surface area (Å²) in [6, 6.07) is 10.8. The first-order chi connectivity index (χ1) is 9.38. The van der Waals surface area contributed by atoms with Gasteiger partial charge < -0.3 is 5.73 Å². The van der Waals surface area contributed by atoms with Gasteiger partial charge in [-0.25, -0.2) is 4.98 Å². The van der Waals surface area contributed by atoms with Crippen molar-refractivity contribution in [1.82, 2.24) is 4.98 Å². The molecule has 0 aliphatic carbocycles. The lowest BCUT2D eigenvalue weighted by atomic mass is 10.2. The Bertz CT molecular complexity index is 627. The number of aromatic nitrogens is 1. The van der Waals surface area contributed by atoms with Crippen LogP contribution in [-0.4, -0.2) is 10.8 Å². The molecule has 0 amide bonds. The van der Waals surface area contributed by atoms with Crippen molar-refractivity contribution in [3.63, 3.8) is 0 Å². The van der Waals surface area contributed by atoms with E-state index in [4.69, 9.17) is 11.1 Å². The molecule has 3 N–H and O–H groups in total. The highest BCUT2D eigenvalue weighted by Crippen LogP contribution is 2.33. The van der Waals surface area contributed by atoms with E-state index in [0.717, 1.165) is 22.7 Å². The second-order valence-electron chi connectivity index (χ2n) is 3.88. The average molecular weight is 297 g/mol. The van der Waals surface area contributed by atoms with Gasteiger partial charge in [-0.1, -0.05) is 30.0 Å². The fourth-order valence-electron chi connectivity index (χ4n) is 1.48. The maximum absolute atomic E-state index is 12.7. The number of amidine groups is 1. The minimum atomic E-state index is -4.53. The summed E-state index contributed by atoms with van der Waals surface area (Å²) in [6.07, 6.45) is -4.53. The molecule has 0 unspecified atom stereocenters. The van der Waals surface area contributed by atoms with Gasteiger partial charge in [0.2, 0.25) is 0 Å². The van der Waals surface area contributed by atoms with Crippen LogP contribution in [0.1, 0.15) is 11.3 Å². The number of nitrogen functional groups attached to an aromatic ring is 1. The lowest BCUT2D eigenvalue weighted by molar-refractivity contribution is -0.141. The van der Waals surface area contributed by atoms with E-state index < -0.39 is 11.9 Å². The minimum Gasteiger partial charge on any atom is -0.384 e. The standard InChI is InChI=1S/C13H10F3N3S/c14-13(15,16)10-7-6-9(11(17)18)12(19-10)20-8-4-2-1-3-5-8/h1-7H,(H3,17,18). The van der Waals surface area contributed by atoms with Gasteiger partial charge in [0.25, 0.3) is 0 Å². The molecule has 0 bridgehead atoms. The van der Waals surface area contributed by atoms with Crippen molar-refractivity contribution >= 4 is 17.6 Å². The summed E-state index contributed by atoms with van der Waals surface area (Å²) in [5.74, 6) is -0.315. The molecule has 0 atom stereocenters. The molecule has 20 heavy (non-hydrogen) atoms. The van der Waals surface area contributed by atoms with Gasteiger partial charge >= 0.3 is 6.18 Å². The molecule has 0 saturated heterocycles. The van der Waals surface area contributed by atoms with Crippen molar-refractivity contribution in [3.8, 4) is 0 Å². The van der Waals surface area contributed by atoms with E-state index in [1.54, 1.807) is 30.3 Å². The molecule has 2 aromatic rings. The van der Waals surface area contributed by atoms with Gasteiger partial charge in [-0.3, -0.25) is 5.41 Å². The molecule has 1 aromatic carbocycles. The maximum Gasteiger partial charge on any atom is 0.433 e. The Morgan fingerprint density at radius 1 is 1.10 bits per heavy atom. The largest absolute Gasteiger partial charge is 0.433 e. The Morgan fingerprint density at radius 2 is 1.75 bits per heavy atom. The van der Waals surface area contributed by atoms with E-state index in [0.29, 0.717) is 0 Å². The number of nitrogens with zero attached hydrogens (tertiary/aromatic N) is 1. The molecule has 3 nitrogen and oxygen atoms in total. The van der Waals surface area contributed by atoms with Crippen LogP contribution in [0.2, 0.25) is 0 Å². The molecule has 0 spiro atoms. The highest BCUT2D eigenvalue weighted by Gasteiger charge is 2.33. The van der Waals surface area contributed by atoms with Crippen molar-refractivity contribution in [3.05, 3.63) is 53.7 Å². The van der Waals surface area contributed by atoms with Gasteiger partial charge in [-0.15, -0.1) is 0 Å². The third kappa shape index (κ3) is 3.30. The highest BCUT2D eigenvalue weighted by atomic mass is 32.2. The SMILES string of the molecule is N=C(N)c1ccc(C(F)(F)F)nc1Sc1ccccc1. The van der Waals surface area contributed by atoms with E-state index >= 15 is 0 Å². The lowest BCUT2D eigenvalue weighted by Crippen LogP contribution is -2.16. The van der Waals surface area contributed by atoms with Gasteiger partial charge in [0.1, 0.15) is 16.6 Å². The number of benzene rings is 1. The van der Waals surface area contributed by atoms with Crippen LogP contribution in [-0.2, 0) is 6.18 Å². The summed E-state index contributed by atoms with van der Waals surface area (Å²) >= 11 is 1.04. The van der Waals surface area contributed by atoms with Crippen LogP contribution in [0.5, 0.6) is 0 Å². The summed E-state index contributed by atoms with van der Waals surface area (Å²) in [4.78, 5) is 4.30. The number of pyridine rings is 1. The molecule has 7 heteroatoms. The van der Waals surface area contributed by atoms with Crippen molar-refractivity contribution in [2.24, 2.45) is 5.73 Å². The predicted octanol–water partition coefficient (Wildman–Crippen LogP) is 3.54. The van der Waals surface area contributed by atoms with Gasteiger partial charge in [0.15, 0.2) is 0 Å². The third-order valence-corrected chi connectivity index (χ3v) is 3.41. The number of nitrogens with two attached hydrogens (primary N) is 1. The quantitative estimate of drug-likeness (QED) is 0.673. The zero-order chi connectivity index (χ0) is 14.8. The van der Waals surface area contributed by atoms with Crippen LogP contribution in [0.25, 0.3) is 0 Å². The fourth-order valence-corrected chi connectivity index (χ4v) is 2.43. The zero-order valence-electron chi connectivity index (χ0n) is 10.1. The van der Waals surface area contributed by atoms with Crippen LogP contribution in [0.3, 0.4) is 0 Å². The summed E-state index contributed by atoms with van der Waals surface area (Å²) in [6.45, 7) is 0. The molecular weight excluding hydrogens is 287 g/mol. The van der Waals surface area contributed by atoms with Crippen LogP contribution in [0.15, 0.2) is 52.4 Å². The van der Waals surface area contributed by atoms with E-state index in [2.05, 4.69) is 4.98 Å². The Hall–Kier alpha value is -2.02. The van der Waals surface area contributed by atoms with Crippen LogP contribution < -0.4 is 5.73 Å². The van der Waals surface area contributed by atoms with E-state index in [1.807, 2.05) is 0 Å². The molecule has 0 radical (unpaired) electrons. The molecule has 1 heterocycles. The smallest absolute Gasteiger partial charge is 0.384 e. The number of nitrogens with one attached hydrogen (secondary N) is 1. The van der Waals surface area contributed by atoms with Crippen molar-refractivity contribution in [2.75, 3.05) is 0 Å².